The highest BCUT2D eigenvalue weighted by atomic mass is 16.4. The predicted octanol–water partition coefficient (Wildman–Crippen LogP) is 2.92. The molecule has 42 heavy (non-hydrogen) atoms. The molecule has 1 aromatic carbocycles. The lowest BCUT2D eigenvalue weighted by Gasteiger charge is -2.55. The third kappa shape index (κ3) is 4.22. The average molecular weight is 566 g/mol. The first-order chi connectivity index (χ1) is 20.3. The third-order valence-corrected chi connectivity index (χ3v) is 8.48. The zero-order chi connectivity index (χ0) is 29.1. The Kier molecular flexibility index (Phi) is 6.08. The number of pyridine rings is 1. The monoisotopic (exact) mass is 565 g/mol. The van der Waals surface area contributed by atoms with Gasteiger partial charge in [-0.2, -0.15) is 4.98 Å². The van der Waals surface area contributed by atoms with Crippen molar-refractivity contribution in [2.45, 2.75) is 31.5 Å². The molecule has 12 heteroatoms. The summed E-state index contributed by atoms with van der Waals surface area (Å²) in [6.07, 6.45) is 6.04. The molecule has 0 spiro atoms. The fraction of sp³-hybridized carbons (Fsp3) is 0.300. The summed E-state index contributed by atoms with van der Waals surface area (Å²) >= 11 is 0. The maximum Gasteiger partial charge on any atom is 0.307 e. The number of anilines is 3. The van der Waals surface area contributed by atoms with Crippen LogP contribution in [0.3, 0.4) is 0 Å². The van der Waals surface area contributed by atoms with Gasteiger partial charge in [-0.05, 0) is 49.9 Å². The van der Waals surface area contributed by atoms with Crippen molar-refractivity contribution in [3.63, 3.8) is 0 Å². The van der Waals surface area contributed by atoms with Gasteiger partial charge in [0.1, 0.15) is 5.39 Å². The van der Waals surface area contributed by atoms with Gasteiger partial charge in [-0.1, -0.05) is 6.08 Å². The van der Waals surface area contributed by atoms with Gasteiger partial charge >= 0.3 is 5.97 Å². The lowest BCUT2D eigenvalue weighted by Crippen LogP contribution is -2.67. The Hall–Kier alpha value is -4.97. The topological polar surface area (TPSA) is 126 Å². The second-order valence-corrected chi connectivity index (χ2v) is 11.1. The maximum absolute atomic E-state index is 13.4. The van der Waals surface area contributed by atoms with Crippen LogP contribution in [0.2, 0.25) is 0 Å². The Balaban J connectivity index is 1.24. The Morgan fingerprint density at radius 1 is 1.12 bits per heavy atom. The standard InChI is InChI=1S/C30H31N9O3/c1-4-11-38-29(42)23-14-31-30(32-19-5-7-20(8-6-19)37-16-21-13-22(17-37)36(21)3)34-28(23)39(38)25-10-9-24-27(33-25)18(12-26(40)41)15-35(24)2/h4-10,14-15,21-22H,1,11-13,16-17H2,2-3H3,(H,40,41)(H,31,32,34). The number of aryl methyl sites for hydroxylation is 1. The molecule has 5 aromatic rings. The number of carboxylic acids is 1. The first kappa shape index (κ1) is 26.0. The summed E-state index contributed by atoms with van der Waals surface area (Å²) in [6, 6.07) is 13.2. The van der Waals surface area contributed by atoms with Gasteiger partial charge in [-0.25, -0.2) is 19.3 Å². The number of aromatic nitrogens is 6. The van der Waals surface area contributed by atoms with E-state index in [-0.39, 0.29) is 18.5 Å². The van der Waals surface area contributed by atoms with Gasteiger partial charge in [0.2, 0.25) is 5.95 Å². The van der Waals surface area contributed by atoms with Gasteiger partial charge in [0.15, 0.2) is 11.5 Å². The number of carboxylic acid groups (broad SMARTS) is 1. The molecule has 0 amide bonds. The Morgan fingerprint density at radius 2 is 1.88 bits per heavy atom. The van der Waals surface area contributed by atoms with Crippen molar-refractivity contribution in [1.82, 2.24) is 33.8 Å². The van der Waals surface area contributed by atoms with E-state index in [9.17, 15) is 14.7 Å². The molecule has 7 heterocycles. The number of hydrogen-bond acceptors (Lipinski definition) is 8. The number of fused-ring (bicyclic) bond motifs is 4. The number of allylic oxidation sites excluding steroid dienone is 1. The van der Waals surface area contributed by atoms with E-state index in [1.165, 1.54) is 23.0 Å². The van der Waals surface area contributed by atoms with Gasteiger partial charge in [0, 0.05) is 61.6 Å². The summed E-state index contributed by atoms with van der Waals surface area (Å²) < 4.78 is 4.99. The molecule has 3 fully saturated rings. The predicted molar refractivity (Wildman–Crippen MR) is 161 cm³/mol. The normalized spacial score (nSPS) is 18.4. The van der Waals surface area contributed by atoms with Crippen LogP contribution in [0.1, 0.15) is 12.0 Å². The van der Waals surface area contributed by atoms with E-state index in [4.69, 9.17) is 9.97 Å². The number of piperidine rings is 1. The lowest BCUT2D eigenvalue weighted by atomic mass is 9.88. The van der Waals surface area contributed by atoms with Gasteiger partial charge < -0.3 is 19.9 Å². The summed E-state index contributed by atoms with van der Waals surface area (Å²) in [5, 5.41) is 13.0. The van der Waals surface area contributed by atoms with Crippen molar-refractivity contribution in [2.24, 2.45) is 7.05 Å². The molecule has 2 bridgehead atoms. The van der Waals surface area contributed by atoms with Crippen LogP contribution in [0.15, 0.2) is 66.2 Å². The smallest absolute Gasteiger partial charge is 0.307 e. The minimum absolute atomic E-state index is 0.162. The summed E-state index contributed by atoms with van der Waals surface area (Å²) in [6.45, 7) is 6.12. The quantitative estimate of drug-likeness (QED) is 0.273. The Labute approximate surface area is 241 Å². The molecule has 2 unspecified atom stereocenters. The molecule has 0 radical (unpaired) electrons. The summed E-state index contributed by atoms with van der Waals surface area (Å²) in [7, 11) is 4.05. The van der Waals surface area contributed by atoms with E-state index in [2.05, 4.69) is 45.9 Å². The van der Waals surface area contributed by atoms with Crippen molar-refractivity contribution in [2.75, 3.05) is 30.4 Å². The maximum atomic E-state index is 13.4. The molecule has 2 atom stereocenters. The van der Waals surface area contributed by atoms with Crippen LogP contribution in [-0.2, 0) is 24.8 Å². The van der Waals surface area contributed by atoms with E-state index < -0.39 is 5.97 Å². The number of likely N-dealkylation sites (N-methyl/N-ethyl adjacent to an activating group) is 1. The highest BCUT2D eigenvalue weighted by molar-refractivity contribution is 5.85. The highest BCUT2D eigenvalue weighted by Crippen LogP contribution is 2.33. The minimum atomic E-state index is -0.943. The Morgan fingerprint density at radius 3 is 2.57 bits per heavy atom. The number of piperazine rings is 1. The molecule has 3 aliphatic rings. The molecule has 0 aliphatic carbocycles. The molecule has 8 rings (SSSR count). The highest BCUT2D eigenvalue weighted by Gasteiger charge is 2.42. The molecule has 0 saturated carbocycles. The summed E-state index contributed by atoms with van der Waals surface area (Å²) in [5.41, 5.74) is 4.07. The van der Waals surface area contributed by atoms with Crippen LogP contribution in [-0.4, -0.2) is 77.1 Å². The second-order valence-electron chi connectivity index (χ2n) is 11.1. The van der Waals surface area contributed by atoms with Crippen molar-refractivity contribution in [3.8, 4) is 5.82 Å². The number of rotatable bonds is 8. The SMILES string of the molecule is C=CCn1c(=O)c2cnc(Nc3ccc(N4CC5CC(C4)N5C)cc3)nc2n1-c1ccc2c(n1)c(CC(=O)O)cn2C. The van der Waals surface area contributed by atoms with Gasteiger partial charge in [-0.3, -0.25) is 14.5 Å². The third-order valence-electron chi connectivity index (χ3n) is 8.48. The molecular formula is C30H31N9O3. The Bertz CT molecular complexity index is 1910. The molecule has 4 aromatic heterocycles. The largest absolute Gasteiger partial charge is 0.481 e. The molecule has 3 saturated heterocycles. The van der Waals surface area contributed by atoms with Gasteiger partial charge in [0.05, 0.1) is 24.0 Å². The van der Waals surface area contributed by atoms with Crippen LogP contribution >= 0.6 is 0 Å². The number of nitrogens with one attached hydrogen (secondary N) is 1. The molecule has 214 valence electrons. The second kappa shape index (κ2) is 9.84. The van der Waals surface area contributed by atoms with Crippen LogP contribution in [0.25, 0.3) is 27.9 Å². The first-order valence-electron chi connectivity index (χ1n) is 13.9. The number of carbonyl (C=O) groups is 1. The van der Waals surface area contributed by atoms with Crippen LogP contribution in [0, 0.1) is 0 Å². The number of hydrogen-bond donors (Lipinski definition) is 2. The summed E-state index contributed by atoms with van der Waals surface area (Å²) in [5.74, 6) is -0.164. The van der Waals surface area contributed by atoms with Crippen molar-refractivity contribution in [1.29, 1.82) is 0 Å². The van der Waals surface area contributed by atoms with Crippen molar-refractivity contribution in [3.05, 3.63) is 77.4 Å². The molecule has 3 aliphatic heterocycles. The lowest BCUT2D eigenvalue weighted by molar-refractivity contribution is -0.136. The number of nitrogens with zero attached hydrogens (tertiary/aromatic N) is 8. The van der Waals surface area contributed by atoms with E-state index in [0.717, 1.165) is 24.3 Å². The van der Waals surface area contributed by atoms with Gasteiger partial charge in [-0.15, -0.1) is 6.58 Å². The van der Waals surface area contributed by atoms with Gasteiger partial charge in [0.25, 0.3) is 5.56 Å². The average Bonchev–Trinajstić information content (AvgIpc) is 3.44. The molecule has 2 N–H and O–H groups in total. The van der Waals surface area contributed by atoms with Crippen molar-refractivity contribution >= 4 is 45.4 Å². The number of aliphatic carboxylic acids is 1. The van der Waals surface area contributed by atoms with E-state index in [0.29, 0.717) is 46.0 Å². The van der Waals surface area contributed by atoms with E-state index >= 15 is 0 Å². The van der Waals surface area contributed by atoms with Crippen LogP contribution in [0.5, 0.6) is 0 Å². The fourth-order valence-corrected chi connectivity index (χ4v) is 6.24. The summed E-state index contributed by atoms with van der Waals surface area (Å²) in [4.78, 5) is 43.7. The van der Waals surface area contributed by atoms with Crippen LogP contribution in [0.4, 0.5) is 17.3 Å². The van der Waals surface area contributed by atoms with E-state index in [1.807, 2.05) is 29.8 Å². The van der Waals surface area contributed by atoms with E-state index in [1.54, 1.807) is 23.0 Å². The zero-order valence-electron chi connectivity index (χ0n) is 23.4. The first-order valence-corrected chi connectivity index (χ1v) is 13.9. The molecular weight excluding hydrogens is 534 g/mol. The molecule has 12 nitrogen and oxygen atoms in total. The minimum Gasteiger partial charge on any atom is -0.481 e. The number of benzene rings is 1. The van der Waals surface area contributed by atoms with Crippen LogP contribution < -0.4 is 15.8 Å². The van der Waals surface area contributed by atoms with Crippen molar-refractivity contribution < 1.29 is 9.90 Å². The zero-order valence-corrected chi connectivity index (χ0v) is 23.4. The fourth-order valence-electron chi connectivity index (χ4n) is 6.24.